The van der Waals surface area contributed by atoms with Gasteiger partial charge in [0.1, 0.15) is 10.2 Å². The molecule has 0 atom stereocenters. The predicted octanol–water partition coefficient (Wildman–Crippen LogP) is 2.69. The quantitative estimate of drug-likeness (QED) is 0.601. The number of nitro groups is 1. The lowest BCUT2D eigenvalue weighted by Gasteiger charge is -2.01. The van der Waals surface area contributed by atoms with Crippen LogP contribution in [-0.2, 0) is 0 Å². The van der Waals surface area contributed by atoms with Gasteiger partial charge in [0.05, 0.1) is 4.92 Å². The molecule has 1 aromatic heterocycles. The second-order valence-corrected chi connectivity index (χ2v) is 2.88. The number of aromatic nitrogens is 1. The zero-order valence-corrected chi connectivity index (χ0v) is 7.66. The third-order valence-electron chi connectivity index (χ3n) is 1.30. The molecule has 0 spiro atoms. The van der Waals surface area contributed by atoms with E-state index in [9.17, 15) is 18.9 Å². The lowest BCUT2D eigenvalue weighted by Crippen LogP contribution is -1.96. The monoisotopic (exact) mass is 252 g/mol. The Balaban J connectivity index is 3.26. The predicted molar refractivity (Wildman–Crippen MR) is 43.5 cm³/mol. The zero-order valence-electron chi connectivity index (χ0n) is 6.08. The minimum Gasteiger partial charge on any atom is -0.258 e. The van der Waals surface area contributed by atoms with Crippen molar-refractivity contribution in [1.82, 2.24) is 4.98 Å². The average Bonchev–Trinajstić information content (AvgIpc) is 2.03. The number of rotatable bonds is 2. The summed E-state index contributed by atoms with van der Waals surface area (Å²) in [6.45, 7) is 0. The van der Waals surface area contributed by atoms with Crippen LogP contribution < -0.4 is 0 Å². The average molecular weight is 253 g/mol. The molecule has 4 nitrogen and oxygen atoms in total. The first-order valence-corrected chi connectivity index (χ1v) is 3.90. The molecular formula is C6H3BrF2N2O2. The summed E-state index contributed by atoms with van der Waals surface area (Å²) in [5, 5.41) is 10.3. The molecule has 1 rings (SSSR count). The number of hydrogen-bond donors (Lipinski definition) is 0. The van der Waals surface area contributed by atoms with E-state index in [1.807, 2.05) is 0 Å². The maximum Gasteiger partial charge on any atom is 0.287 e. The molecule has 0 N–H and O–H groups in total. The van der Waals surface area contributed by atoms with Crippen LogP contribution in [-0.4, -0.2) is 9.91 Å². The minimum absolute atomic E-state index is 0.269. The summed E-state index contributed by atoms with van der Waals surface area (Å²) in [4.78, 5) is 12.9. The van der Waals surface area contributed by atoms with Gasteiger partial charge in [-0.2, -0.15) is 0 Å². The Morgan fingerprint density at radius 3 is 2.69 bits per heavy atom. The van der Waals surface area contributed by atoms with Crippen molar-refractivity contribution in [1.29, 1.82) is 0 Å². The Kier molecular flexibility index (Phi) is 2.86. The molecule has 0 amide bonds. The molecule has 0 aliphatic carbocycles. The molecule has 7 heteroatoms. The van der Waals surface area contributed by atoms with Gasteiger partial charge in [0.2, 0.25) is 0 Å². The van der Waals surface area contributed by atoms with E-state index in [-0.39, 0.29) is 4.47 Å². The largest absolute Gasteiger partial charge is 0.287 e. The normalized spacial score (nSPS) is 10.5. The van der Waals surface area contributed by atoms with Crippen LogP contribution in [0.3, 0.4) is 0 Å². The van der Waals surface area contributed by atoms with E-state index in [4.69, 9.17) is 0 Å². The number of nitrogens with zero attached hydrogens (tertiary/aromatic N) is 2. The van der Waals surface area contributed by atoms with Crippen LogP contribution in [0.4, 0.5) is 14.5 Å². The van der Waals surface area contributed by atoms with Crippen LogP contribution in [0.2, 0.25) is 0 Å². The Morgan fingerprint density at radius 1 is 1.62 bits per heavy atom. The molecule has 0 fully saturated rings. The maximum absolute atomic E-state index is 12.2. The molecular weight excluding hydrogens is 250 g/mol. The highest BCUT2D eigenvalue weighted by Crippen LogP contribution is 2.32. The number of halogens is 3. The fourth-order valence-corrected chi connectivity index (χ4v) is 1.29. The van der Waals surface area contributed by atoms with Crippen molar-refractivity contribution in [3.8, 4) is 0 Å². The number of alkyl halides is 2. The van der Waals surface area contributed by atoms with Crippen LogP contribution in [0, 0.1) is 10.1 Å². The minimum atomic E-state index is -2.82. The van der Waals surface area contributed by atoms with Crippen LogP contribution in [0.1, 0.15) is 12.1 Å². The van der Waals surface area contributed by atoms with Gasteiger partial charge in [-0.1, -0.05) is 0 Å². The summed E-state index contributed by atoms with van der Waals surface area (Å²) in [5.74, 6) is 0. The lowest BCUT2D eigenvalue weighted by atomic mass is 10.3. The van der Waals surface area contributed by atoms with Gasteiger partial charge < -0.3 is 0 Å². The van der Waals surface area contributed by atoms with E-state index in [2.05, 4.69) is 20.9 Å². The zero-order chi connectivity index (χ0) is 10.0. The van der Waals surface area contributed by atoms with Crippen LogP contribution in [0.25, 0.3) is 0 Å². The van der Waals surface area contributed by atoms with Crippen molar-refractivity contribution in [2.45, 2.75) is 6.43 Å². The molecule has 0 aliphatic heterocycles. The van der Waals surface area contributed by atoms with Crippen LogP contribution in [0.5, 0.6) is 0 Å². The molecule has 1 heterocycles. The second-order valence-electron chi connectivity index (χ2n) is 2.09. The fourth-order valence-electron chi connectivity index (χ4n) is 0.742. The highest BCUT2D eigenvalue weighted by molar-refractivity contribution is 9.10. The van der Waals surface area contributed by atoms with E-state index < -0.39 is 22.7 Å². The number of hydrogen-bond acceptors (Lipinski definition) is 3. The van der Waals surface area contributed by atoms with Crippen molar-refractivity contribution in [3.63, 3.8) is 0 Å². The van der Waals surface area contributed by atoms with Gasteiger partial charge in [-0.05, 0) is 15.9 Å². The van der Waals surface area contributed by atoms with Crippen molar-refractivity contribution in [3.05, 3.63) is 32.5 Å². The lowest BCUT2D eigenvalue weighted by molar-refractivity contribution is -0.385. The summed E-state index contributed by atoms with van der Waals surface area (Å²) in [5.41, 5.74) is -1.03. The molecule has 0 saturated heterocycles. The fraction of sp³-hybridized carbons (Fsp3) is 0.167. The second kappa shape index (κ2) is 3.73. The molecule has 0 aromatic carbocycles. The molecule has 0 unspecified atom stereocenters. The third-order valence-corrected chi connectivity index (χ3v) is 2.11. The van der Waals surface area contributed by atoms with Crippen LogP contribution in [0.15, 0.2) is 16.7 Å². The van der Waals surface area contributed by atoms with Gasteiger partial charge >= 0.3 is 0 Å². The molecule has 0 aliphatic rings. The van der Waals surface area contributed by atoms with Gasteiger partial charge in [0.15, 0.2) is 0 Å². The molecule has 0 saturated carbocycles. The van der Waals surface area contributed by atoms with Crippen molar-refractivity contribution >= 4 is 21.6 Å². The van der Waals surface area contributed by atoms with Crippen molar-refractivity contribution in [2.75, 3.05) is 0 Å². The van der Waals surface area contributed by atoms with Gasteiger partial charge in [-0.15, -0.1) is 0 Å². The first-order chi connectivity index (χ1) is 6.04. The molecule has 0 radical (unpaired) electrons. The van der Waals surface area contributed by atoms with E-state index in [0.29, 0.717) is 0 Å². The summed E-state index contributed by atoms with van der Waals surface area (Å²) in [7, 11) is 0. The Morgan fingerprint density at radius 2 is 2.23 bits per heavy atom. The number of pyridine rings is 1. The highest BCUT2D eigenvalue weighted by Gasteiger charge is 2.21. The SMILES string of the molecule is O=[N+]([O-])c1ccnc(C(F)F)c1Br. The van der Waals surface area contributed by atoms with Gasteiger partial charge in [-0.25, -0.2) is 8.78 Å². The summed E-state index contributed by atoms with van der Waals surface area (Å²) in [6, 6.07) is 1.05. The first kappa shape index (κ1) is 9.97. The Hall–Kier alpha value is -1.11. The van der Waals surface area contributed by atoms with Crippen molar-refractivity contribution in [2.24, 2.45) is 0 Å². The first-order valence-electron chi connectivity index (χ1n) is 3.11. The van der Waals surface area contributed by atoms with Crippen molar-refractivity contribution < 1.29 is 13.7 Å². The van der Waals surface area contributed by atoms with Gasteiger partial charge in [0.25, 0.3) is 12.1 Å². The third kappa shape index (κ3) is 1.97. The van der Waals surface area contributed by atoms with E-state index >= 15 is 0 Å². The topological polar surface area (TPSA) is 56.0 Å². The smallest absolute Gasteiger partial charge is 0.258 e. The highest BCUT2D eigenvalue weighted by atomic mass is 79.9. The van der Waals surface area contributed by atoms with Gasteiger partial charge in [-0.3, -0.25) is 15.1 Å². The molecule has 70 valence electrons. The Bertz CT molecular complexity index is 345. The molecule has 0 bridgehead atoms. The van der Waals surface area contributed by atoms with E-state index in [0.717, 1.165) is 12.3 Å². The standard InChI is InChI=1S/C6H3BrF2N2O2/c7-4-3(11(12)13)1-2-10-5(4)6(8)9/h1-2,6H. The summed E-state index contributed by atoms with van der Waals surface area (Å²) in [6.07, 6.45) is -1.85. The summed E-state index contributed by atoms with van der Waals surface area (Å²) < 4.78 is 24.0. The molecule has 13 heavy (non-hydrogen) atoms. The molecule has 1 aromatic rings. The van der Waals surface area contributed by atoms with Crippen LogP contribution >= 0.6 is 15.9 Å². The van der Waals surface area contributed by atoms with E-state index in [1.165, 1.54) is 0 Å². The van der Waals surface area contributed by atoms with E-state index in [1.54, 1.807) is 0 Å². The van der Waals surface area contributed by atoms with Gasteiger partial charge in [0, 0.05) is 12.3 Å². The summed E-state index contributed by atoms with van der Waals surface area (Å²) >= 11 is 2.70. The maximum atomic E-state index is 12.2. The Labute approximate surface area is 79.9 Å².